The predicted molar refractivity (Wildman–Crippen MR) is 101 cm³/mol. The predicted octanol–water partition coefficient (Wildman–Crippen LogP) is 6.98. The molecule has 0 saturated carbocycles. The van der Waals surface area contributed by atoms with Crippen molar-refractivity contribution in [1.82, 2.24) is 0 Å². The highest BCUT2D eigenvalue weighted by Crippen LogP contribution is 2.11. The molecule has 0 unspecified atom stereocenters. The Morgan fingerprint density at radius 2 is 1.13 bits per heavy atom. The van der Waals surface area contributed by atoms with Crippen LogP contribution in [0.2, 0.25) is 0 Å². The Kier molecular flexibility index (Phi) is 18.6. The van der Waals surface area contributed by atoms with Crippen LogP contribution < -0.4 is 0 Å². The summed E-state index contributed by atoms with van der Waals surface area (Å²) >= 11 is 0. The zero-order valence-corrected chi connectivity index (χ0v) is 15.8. The van der Waals surface area contributed by atoms with E-state index in [1.165, 1.54) is 90.6 Å². The van der Waals surface area contributed by atoms with Crippen LogP contribution in [0.4, 0.5) is 0 Å². The van der Waals surface area contributed by atoms with Gasteiger partial charge in [-0.2, -0.15) is 0 Å². The van der Waals surface area contributed by atoms with Gasteiger partial charge < -0.3 is 4.74 Å². The molecule has 0 spiro atoms. The lowest BCUT2D eigenvalue weighted by Crippen LogP contribution is -1.99. The quantitative estimate of drug-likeness (QED) is 0.164. The van der Waals surface area contributed by atoms with Gasteiger partial charge in [-0.05, 0) is 32.1 Å². The van der Waals surface area contributed by atoms with E-state index in [4.69, 9.17) is 0 Å². The van der Waals surface area contributed by atoms with E-state index in [1.54, 1.807) is 0 Å². The lowest BCUT2D eigenvalue weighted by Gasteiger charge is -2.01. The fourth-order valence-electron chi connectivity index (χ4n) is 2.80. The Morgan fingerprint density at radius 1 is 0.696 bits per heavy atom. The standard InChI is InChI=1S/C21H40O2/c1-3-4-5-6-7-8-9-10-11-12-13-14-15-16-17-18-19-20-21(22)23-2/h10-11H,3-9,12-20H2,1-2H3/b11-10+. The Balaban J connectivity index is 3.09. The van der Waals surface area contributed by atoms with Crippen LogP contribution in [0.25, 0.3) is 0 Å². The highest BCUT2D eigenvalue weighted by atomic mass is 16.5. The van der Waals surface area contributed by atoms with Crippen molar-refractivity contribution in [2.24, 2.45) is 0 Å². The number of methoxy groups -OCH3 is 1. The first kappa shape index (κ1) is 22.2. The fraction of sp³-hybridized carbons (Fsp3) is 0.857. The Morgan fingerprint density at radius 3 is 1.61 bits per heavy atom. The Hall–Kier alpha value is -0.790. The summed E-state index contributed by atoms with van der Waals surface area (Å²) in [6.07, 6.45) is 24.9. The van der Waals surface area contributed by atoms with Crippen molar-refractivity contribution in [3.8, 4) is 0 Å². The molecule has 0 aliphatic carbocycles. The SMILES string of the molecule is CCCCCCCC/C=C/CCCCCCCCCC(=O)OC. The number of esters is 1. The molecule has 0 aromatic heterocycles. The molecular weight excluding hydrogens is 284 g/mol. The van der Waals surface area contributed by atoms with E-state index in [0.717, 1.165) is 12.8 Å². The normalized spacial score (nSPS) is 11.2. The largest absolute Gasteiger partial charge is 0.469 e. The monoisotopic (exact) mass is 324 g/mol. The van der Waals surface area contributed by atoms with Crippen molar-refractivity contribution >= 4 is 5.97 Å². The fourth-order valence-corrected chi connectivity index (χ4v) is 2.80. The maximum Gasteiger partial charge on any atom is 0.305 e. The minimum Gasteiger partial charge on any atom is -0.469 e. The van der Waals surface area contributed by atoms with Gasteiger partial charge in [0.15, 0.2) is 0 Å². The summed E-state index contributed by atoms with van der Waals surface area (Å²) in [6.45, 7) is 2.27. The highest BCUT2D eigenvalue weighted by Gasteiger charge is 1.98. The first-order chi connectivity index (χ1) is 11.3. The van der Waals surface area contributed by atoms with Crippen molar-refractivity contribution in [2.45, 2.75) is 110 Å². The maximum absolute atomic E-state index is 10.9. The summed E-state index contributed by atoms with van der Waals surface area (Å²) in [5.74, 6) is -0.0715. The van der Waals surface area contributed by atoms with E-state index >= 15 is 0 Å². The van der Waals surface area contributed by atoms with Crippen molar-refractivity contribution < 1.29 is 9.53 Å². The maximum atomic E-state index is 10.9. The smallest absolute Gasteiger partial charge is 0.305 e. The van der Waals surface area contributed by atoms with Gasteiger partial charge in [-0.1, -0.05) is 83.3 Å². The van der Waals surface area contributed by atoms with Crippen molar-refractivity contribution in [3.05, 3.63) is 12.2 Å². The summed E-state index contributed by atoms with van der Waals surface area (Å²) in [6, 6.07) is 0. The molecule has 0 fully saturated rings. The molecule has 0 N–H and O–H groups in total. The van der Waals surface area contributed by atoms with Crippen LogP contribution in [0.15, 0.2) is 12.2 Å². The topological polar surface area (TPSA) is 26.3 Å². The van der Waals surface area contributed by atoms with Gasteiger partial charge in [-0.15, -0.1) is 0 Å². The molecule has 0 aliphatic heterocycles. The van der Waals surface area contributed by atoms with E-state index in [1.807, 2.05) is 0 Å². The molecule has 136 valence electrons. The Bertz CT molecular complexity index is 271. The first-order valence-electron chi connectivity index (χ1n) is 10.0. The molecule has 0 radical (unpaired) electrons. The van der Waals surface area contributed by atoms with Gasteiger partial charge in [-0.3, -0.25) is 4.79 Å². The van der Waals surface area contributed by atoms with E-state index in [-0.39, 0.29) is 5.97 Å². The average Bonchev–Trinajstić information content (AvgIpc) is 2.57. The van der Waals surface area contributed by atoms with Gasteiger partial charge in [0.1, 0.15) is 0 Å². The molecule has 0 aromatic carbocycles. The van der Waals surface area contributed by atoms with Crippen LogP contribution in [0, 0.1) is 0 Å². The van der Waals surface area contributed by atoms with Crippen LogP contribution in [0.3, 0.4) is 0 Å². The lowest BCUT2D eigenvalue weighted by atomic mass is 10.1. The van der Waals surface area contributed by atoms with Crippen LogP contribution in [-0.4, -0.2) is 13.1 Å². The third kappa shape index (κ3) is 19.2. The van der Waals surface area contributed by atoms with Crippen molar-refractivity contribution in [2.75, 3.05) is 7.11 Å². The second-order valence-corrected chi connectivity index (χ2v) is 6.62. The van der Waals surface area contributed by atoms with Crippen molar-refractivity contribution in [1.29, 1.82) is 0 Å². The van der Waals surface area contributed by atoms with Gasteiger partial charge in [0.05, 0.1) is 7.11 Å². The zero-order chi connectivity index (χ0) is 17.0. The van der Waals surface area contributed by atoms with Gasteiger partial charge in [0.25, 0.3) is 0 Å². The number of hydrogen-bond acceptors (Lipinski definition) is 2. The molecular formula is C21H40O2. The third-order valence-corrected chi connectivity index (χ3v) is 4.37. The van der Waals surface area contributed by atoms with Crippen LogP contribution in [0.1, 0.15) is 110 Å². The number of ether oxygens (including phenoxy) is 1. The van der Waals surface area contributed by atoms with E-state index in [0.29, 0.717) is 6.42 Å². The third-order valence-electron chi connectivity index (χ3n) is 4.37. The van der Waals surface area contributed by atoms with Gasteiger partial charge in [-0.25, -0.2) is 0 Å². The van der Waals surface area contributed by atoms with Gasteiger partial charge >= 0.3 is 5.97 Å². The summed E-state index contributed by atoms with van der Waals surface area (Å²) in [4.78, 5) is 10.9. The summed E-state index contributed by atoms with van der Waals surface area (Å²) in [5.41, 5.74) is 0. The summed E-state index contributed by atoms with van der Waals surface area (Å²) in [5, 5.41) is 0. The molecule has 0 heterocycles. The van der Waals surface area contributed by atoms with Crippen LogP contribution >= 0.6 is 0 Å². The molecule has 0 rings (SSSR count). The number of unbranched alkanes of at least 4 members (excludes halogenated alkanes) is 13. The molecule has 0 aromatic rings. The summed E-state index contributed by atoms with van der Waals surface area (Å²) in [7, 11) is 1.46. The second kappa shape index (κ2) is 19.3. The molecule has 0 saturated heterocycles. The molecule has 23 heavy (non-hydrogen) atoms. The van der Waals surface area contributed by atoms with Crippen LogP contribution in [-0.2, 0) is 9.53 Å². The number of carbonyl (C=O) groups excluding carboxylic acids is 1. The lowest BCUT2D eigenvalue weighted by molar-refractivity contribution is -0.140. The second-order valence-electron chi connectivity index (χ2n) is 6.62. The molecule has 0 bridgehead atoms. The first-order valence-corrected chi connectivity index (χ1v) is 10.0. The van der Waals surface area contributed by atoms with E-state index in [9.17, 15) is 4.79 Å². The molecule has 0 atom stereocenters. The molecule has 2 heteroatoms. The Labute approximate surface area is 145 Å². The van der Waals surface area contributed by atoms with E-state index in [2.05, 4.69) is 23.8 Å². The minimum atomic E-state index is -0.0715. The van der Waals surface area contributed by atoms with Crippen LogP contribution in [0.5, 0.6) is 0 Å². The number of allylic oxidation sites excluding steroid dienone is 2. The van der Waals surface area contributed by atoms with Gasteiger partial charge in [0.2, 0.25) is 0 Å². The number of carbonyl (C=O) groups is 1. The average molecular weight is 325 g/mol. The minimum absolute atomic E-state index is 0.0715. The zero-order valence-electron chi connectivity index (χ0n) is 15.8. The highest BCUT2D eigenvalue weighted by molar-refractivity contribution is 5.68. The number of hydrogen-bond donors (Lipinski definition) is 0. The van der Waals surface area contributed by atoms with Crippen molar-refractivity contribution in [3.63, 3.8) is 0 Å². The summed E-state index contributed by atoms with van der Waals surface area (Å²) < 4.78 is 4.63. The van der Waals surface area contributed by atoms with Gasteiger partial charge in [0, 0.05) is 6.42 Å². The van der Waals surface area contributed by atoms with E-state index < -0.39 is 0 Å². The molecule has 0 aliphatic rings. The molecule has 0 amide bonds. The number of rotatable bonds is 17. The molecule has 2 nitrogen and oxygen atoms in total.